The van der Waals surface area contributed by atoms with Gasteiger partial charge in [0, 0.05) is 42.5 Å². The Balaban J connectivity index is 1.78. The summed E-state index contributed by atoms with van der Waals surface area (Å²) in [6, 6.07) is 6.29. The van der Waals surface area contributed by atoms with Crippen molar-refractivity contribution in [2.45, 2.75) is 30.4 Å². The molecule has 0 bridgehead atoms. The first-order chi connectivity index (χ1) is 9.79. The Kier molecular flexibility index (Phi) is 7.17. The van der Waals surface area contributed by atoms with Crippen LogP contribution in [-0.2, 0) is 16.0 Å². The van der Waals surface area contributed by atoms with Gasteiger partial charge in [-0.25, -0.2) is 0 Å². The van der Waals surface area contributed by atoms with E-state index in [1.807, 2.05) is 11.8 Å². The van der Waals surface area contributed by atoms with Crippen molar-refractivity contribution in [1.82, 2.24) is 5.32 Å². The van der Waals surface area contributed by atoms with E-state index in [0.29, 0.717) is 12.7 Å². The fourth-order valence-electron chi connectivity index (χ4n) is 2.12. The number of ether oxygens (including phenoxy) is 2. The van der Waals surface area contributed by atoms with E-state index in [2.05, 4.69) is 23.5 Å². The van der Waals surface area contributed by atoms with Gasteiger partial charge in [-0.2, -0.15) is 0 Å². The van der Waals surface area contributed by atoms with Crippen LogP contribution in [0.15, 0.2) is 23.1 Å². The molecule has 1 aromatic carbocycles. The van der Waals surface area contributed by atoms with Crippen molar-refractivity contribution >= 4 is 23.4 Å². The van der Waals surface area contributed by atoms with Crippen LogP contribution in [0, 0.1) is 0 Å². The van der Waals surface area contributed by atoms with Gasteiger partial charge in [-0.05, 0) is 30.5 Å². The van der Waals surface area contributed by atoms with Gasteiger partial charge in [-0.15, -0.1) is 11.8 Å². The predicted molar refractivity (Wildman–Crippen MR) is 84.7 cm³/mol. The lowest BCUT2D eigenvalue weighted by Crippen LogP contribution is -2.18. The van der Waals surface area contributed by atoms with E-state index in [9.17, 15) is 0 Å². The highest BCUT2D eigenvalue weighted by Crippen LogP contribution is 2.27. The summed E-state index contributed by atoms with van der Waals surface area (Å²) in [6.07, 6.45) is 2.79. The molecular weight excluding hydrogens is 294 g/mol. The molecule has 1 aliphatic rings. The molecule has 0 spiro atoms. The Hall–Kier alpha value is -0.260. The number of thioether (sulfide) groups is 1. The minimum Gasteiger partial charge on any atom is -0.383 e. The molecule has 0 aromatic heterocycles. The monoisotopic (exact) mass is 315 g/mol. The first kappa shape index (κ1) is 16.1. The second kappa shape index (κ2) is 8.90. The fourth-order valence-corrected chi connectivity index (χ4v) is 3.44. The summed E-state index contributed by atoms with van der Waals surface area (Å²) in [5, 5.41) is 4.13. The van der Waals surface area contributed by atoms with Crippen LogP contribution in [0.3, 0.4) is 0 Å². The van der Waals surface area contributed by atoms with E-state index in [1.54, 1.807) is 7.11 Å². The van der Waals surface area contributed by atoms with Crippen LogP contribution in [0.1, 0.15) is 18.4 Å². The third-order valence-electron chi connectivity index (χ3n) is 3.28. The number of halogens is 1. The molecule has 112 valence electrons. The van der Waals surface area contributed by atoms with Gasteiger partial charge >= 0.3 is 0 Å². The standard InChI is InChI=1S/C15H22ClNO2S/c1-18-8-6-17-10-12-4-5-14(9-15(12)16)20-11-13-3-2-7-19-13/h4-5,9,13,17H,2-3,6-8,10-11H2,1H3. The zero-order valence-corrected chi connectivity index (χ0v) is 13.4. The molecule has 1 fully saturated rings. The number of hydrogen-bond donors (Lipinski definition) is 1. The fraction of sp³-hybridized carbons (Fsp3) is 0.600. The summed E-state index contributed by atoms with van der Waals surface area (Å²) in [5.74, 6) is 1.02. The molecule has 1 heterocycles. The van der Waals surface area contributed by atoms with E-state index in [0.717, 1.165) is 36.0 Å². The number of hydrogen-bond acceptors (Lipinski definition) is 4. The summed E-state index contributed by atoms with van der Waals surface area (Å²) >= 11 is 8.14. The molecule has 5 heteroatoms. The van der Waals surface area contributed by atoms with Gasteiger partial charge in [0.1, 0.15) is 0 Å². The van der Waals surface area contributed by atoms with E-state index in [1.165, 1.54) is 17.7 Å². The first-order valence-electron chi connectivity index (χ1n) is 7.02. The van der Waals surface area contributed by atoms with Crippen molar-refractivity contribution in [3.8, 4) is 0 Å². The average molecular weight is 316 g/mol. The third-order valence-corrected chi connectivity index (χ3v) is 4.76. The first-order valence-corrected chi connectivity index (χ1v) is 8.38. The lowest BCUT2D eigenvalue weighted by Gasteiger charge is -2.11. The van der Waals surface area contributed by atoms with Crippen LogP contribution in [0.25, 0.3) is 0 Å². The Morgan fingerprint density at radius 3 is 3.10 bits per heavy atom. The van der Waals surface area contributed by atoms with Crippen LogP contribution >= 0.6 is 23.4 Å². The molecular formula is C15H22ClNO2S. The second-order valence-electron chi connectivity index (χ2n) is 4.87. The highest BCUT2D eigenvalue weighted by Gasteiger charge is 2.15. The van der Waals surface area contributed by atoms with Gasteiger partial charge in [-0.1, -0.05) is 17.7 Å². The maximum absolute atomic E-state index is 6.32. The normalized spacial score (nSPS) is 18.6. The highest BCUT2D eigenvalue weighted by atomic mass is 35.5. The third kappa shape index (κ3) is 5.26. The van der Waals surface area contributed by atoms with Gasteiger partial charge in [0.15, 0.2) is 0 Å². The molecule has 0 radical (unpaired) electrons. The largest absolute Gasteiger partial charge is 0.383 e. The summed E-state index contributed by atoms with van der Waals surface area (Å²) in [7, 11) is 1.70. The van der Waals surface area contributed by atoms with Crippen molar-refractivity contribution in [3.05, 3.63) is 28.8 Å². The Bertz CT molecular complexity index is 411. The zero-order chi connectivity index (χ0) is 14.2. The quantitative estimate of drug-likeness (QED) is 0.589. The van der Waals surface area contributed by atoms with Gasteiger partial charge in [0.05, 0.1) is 12.7 Å². The SMILES string of the molecule is COCCNCc1ccc(SCC2CCCO2)cc1Cl. The van der Waals surface area contributed by atoms with Crippen LogP contribution in [0.5, 0.6) is 0 Å². The number of rotatable bonds is 8. The Morgan fingerprint density at radius 2 is 2.40 bits per heavy atom. The number of nitrogens with one attached hydrogen (secondary N) is 1. The maximum Gasteiger partial charge on any atom is 0.0669 e. The Labute approximate surface area is 130 Å². The minimum atomic E-state index is 0.411. The van der Waals surface area contributed by atoms with E-state index in [-0.39, 0.29) is 0 Å². The molecule has 0 amide bonds. The summed E-state index contributed by atoms with van der Waals surface area (Å²) in [5.41, 5.74) is 1.13. The van der Waals surface area contributed by atoms with Crippen molar-refractivity contribution < 1.29 is 9.47 Å². The smallest absolute Gasteiger partial charge is 0.0669 e. The molecule has 1 atom stereocenters. The molecule has 1 unspecified atom stereocenters. The molecule has 3 nitrogen and oxygen atoms in total. The molecule has 0 aliphatic carbocycles. The molecule has 1 aliphatic heterocycles. The zero-order valence-electron chi connectivity index (χ0n) is 11.9. The van der Waals surface area contributed by atoms with Crippen molar-refractivity contribution in [2.24, 2.45) is 0 Å². The lowest BCUT2D eigenvalue weighted by atomic mass is 10.2. The van der Waals surface area contributed by atoms with Crippen molar-refractivity contribution in [3.63, 3.8) is 0 Å². The van der Waals surface area contributed by atoms with Crippen LogP contribution in [0.2, 0.25) is 5.02 Å². The number of benzene rings is 1. The minimum absolute atomic E-state index is 0.411. The molecule has 0 saturated carbocycles. The average Bonchev–Trinajstić information content (AvgIpc) is 2.96. The topological polar surface area (TPSA) is 30.5 Å². The van der Waals surface area contributed by atoms with Gasteiger partial charge < -0.3 is 14.8 Å². The number of methoxy groups -OCH3 is 1. The van der Waals surface area contributed by atoms with Gasteiger partial charge in [0.25, 0.3) is 0 Å². The summed E-state index contributed by atoms with van der Waals surface area (Å²) < 4.78 is 10.6. The molecule has 1 aromatic rings. The highest BCUT2D eigenvalue weighted by molar-refractivity contribution is 7.99. The van der Waals surface area contributed by atoms with Crippen molar-refractivity contribution in [1.29, 1.82) is 0 Å². The van der Waals surface area contributed by atoms with Gasteiger partial charge in [-0.3, -0.25) is 0 Å². The Morgan fingerprint density at radius 1 is 1.50 bits per heavy atom. The lowest BCUT2D eigenvalue weighted by molar-refractivity contribution is 0.129. The predicted octanol–water partition coefficient (Wildman–Crippen LogP) is 3.35. The molecule has 1 saturated heterocycles. The molecule has 2 rings (SSSR count). The molecule has 1 N–H and O–H groups in total. The maximum atomic E-state index is 6.32. The summed E-state index contributed by atoms with van der Waals surface area (Å²) in [6.45, 7) is 3.24. The summed E-state index contributed by atoms with van der Waals surface area (Å²) in [4.78, 5) is 1.21. The van der Waals surface area contributed by atoms with Crippen LogP contribution in [0.4, 0.5) is 0 Å². The van der Waals surface area contributed by atoms with Gasteiger partial charge in [0.2, 0.25) is 0 Å². The molecule has 20 heavy (non-hydrogen) atoms. The van der Waals surface area contributed by atoms with Crippen LogP contribution < -0.4 is 5.32 Å². The second-order valence-corrected chi connectivity index (χ2v) is 6.37. The van der Waals surface area contributed by atoms with Crippen molar-refractivity contribution in [2.75, 3.05) is 32.6 Å². The van der Waals surface area contributed by atoms with Crippen LogP contribution in [-0.4, -0.2) is 38.7 Å². The van der Waals surface area contributed by atoms with E-state index in [4.69, 9.17) is 21.1 Å². The van der Waals surface area contributed by atoms with E-state index < -0.39 is 0 Å². The van der Waals surface area contributed by atoms with E-state index >= 15 is 0 Å².